The molecule has 0 spiro atoms. The molecular weight excluding hydrogens is 434 g/mol. The number of carbonyl (C=O) groups is 2. The molecule has 0 fully saturated rings. The van der Waals surface area contributed by atoms with Crippen molar-refractivity contribution < 1.29 is 18.7 Å². The van der Waals surface area contributed by atoms with E-state index in [0.29, 0.717) is 33.5 Å². The molecule has 6 heteroatoms. The summed E-state index contributed by atoms with van der Waals surface area (Å²) in [6.45, 7) is 0. The van der Waals surface area contributed by atoms with Gasteiger partial charge in [0, 0.05) is 21.0 Å². The smallest absolute Gasteiger partial charge is 0.255 e. The quantitative estimate of drug-likeness (QED) is 0.397. The molecule has 144 valence electrons. The summed E-state index contributed by atoms with van der Waals surface area (Å²) in [4.78, 5) is 25.9. The van der Waals surface area contributed by atoms with Crippen LogP contribution in [-0.4, -0.2) is 18.8 Å². The Balaban J connectivity index is 1.77. The van der Waals surface area contributed by atoms with Gasteiger partial charge in [0.1, 0.15) is 11.3 Å². The van der Waals surface area contributed by atoms with E-state index in [4.69, 9.17) is 9.15 Å². The van der Waals surface area contributed by atoms with Crippen molar-refractivity contribution in [1.82, 2.24) is 0 Å². The van der Waals surface area contributed by atoms with Gasteiger partial charge >= 0.3 is 0 Å². The average molecular weight is 450 g/mol. The van der Waals surface area contributed by atoms with Gasteiger partial charge in [-0.05, 0) is 48.5 Å². The number of halogens is 1. The molecule has 0 saturated heterocycles. The van der Waals surface area contributed by atoms with Crippen LogP contribution >= 0.6 is 15.9 Å². The predicted molar refractivity (Wildman–Crippen MR) is 115 cm³/mol. The summed E-state index contributed by atoms with van der Waals surface area (Å²) in [7, 11) is 1.54. The van der Waals surface area contributed by atoms with E-state index in [1.165, 1.54) is 7.11 Å². The van der Waals surface area contributed by atoms with Gasteiger partial charge in [0.25, 0.3) is 5.91 Å². The van der Waals surface area contributed by atoms with E-state index in [-0.39, 0.29) is 17.5 Å². The number of anilines is 1. The zero-order valence-electron chi connectivity index (χ0n) is 15.4. The van der Waals surface area contributed by atoms with E-state index < -0.39 is 0 Å². The van der Waals surface area contributed by atoms with Crippen LogP contribution in [0, 0.1) is 0 Å². The highest BCUT2D eigenvalue weighted by molar-refractivity contribution is 9.10. The van der Waals surface area contributed by atoms with Crippen LogP contribution in [0.4, 0.5) is 5.69 Å². The van der Waals surface area contributed by atoms with Crippen LogP contribution in [0.15, 0.2) is 81.7 Å². The lowest BCUT2D eigenvalue weighted by molar-refractivity contribution is 0.101. The molecule has 0 aliphatic heterocycles. The van der Waals surface area contributed by atoms with Crippen LogP contribution in [0.3, 0.4) is 0 Å². The molecule has 1 heterocycles. The van der Waals surface area contributed by atoms with Gasteiger partial charge in [0.05, 0.1) is 12.8 Å². The van der Waals surface area contributed by atoms with E-state index in [2.05, 4.69) is 21.2 Å². The zero-order valence-corrected chi connectivity index (χ0v) is 17.0. The number of nitrogens with one attached hydrogen (secondary N) is 1. The van der Waals surface area contributed by atoms with Gasteiger partial charge < -0.3 is 14.5 Å². The third-order valence-corrected chi connectivity index (χ3v) is 5.01. The first-order valence-electron chi connectivity index (χ1n) is 8.84. The van der Waals surface area contributed by atoms with Gasteiger partial charge in [-0.3, -0.25) is 9.59 Å². The fraction of sp³-hybridized carbons (Fsp3) is 0.0435. The highest BCUT2D eigenvalue weighted by Crippen LogP contribution is 2.33. The van der Waals surface area contributed by atoms with Gasteiger partial charge in [-0.2, -0.15) is 0 Å². The summed E-state index contributed by atoms with van der Waals surface area (Å²) < 4.78 is 11.9. The van der Waals surface area contributed by atoms with Gasteiger partial charge in [-0.1, -0.05) is 40.2 Å². The second-order valence-corrected chi connectivity index (χ2v) is 7.24. The Morgan fingerprint density at radius 1 is 0.931 bits per heavy atom. The van der Waals surface area contributed by atoms with Crippen LogP contribution < -0.4 is 10.1 Å². The van der Waals surface area contributed by atoms with E-state index in [1.54, 1.807) is 60.7 Å². The van der Waals surface area contributed by atoms with Crippen molar-refractivity contribution in [1.29, 1.82) is 0 Å². The normalized spacial score (nSPS) is 10.7. The number of rotatable bonds is 5. The van der Waals surface area contributed by atoms with E-state index in [0.717, 1.165) is 4.47 Å². The lowest BCUT2D eigenvalue weighted by Gasteiger charge is -2.07. The number of hydrogen-bond donors (Lipinski definition) is 1. The van der Waals surface area contributed by atoms with E-state index >= 15 is 0 Å². The highest BCUT2D eigenvalue weighted by atomic mass is 79.9. The molecule has 5 nitrogen and oxygen atoms in total. The molecule has 0 aliphatic carbocycles. The largest absolute Gasteiger partial charge is 0.497 e. The van der Waals surface area contributed by atoms with Crippen LogP contribution in [-0.2, 0) is 0 Å². The third kappa shape index (κ3) is 3.79. The number of methoxy groups -OCH3 is 1. The second kappa shape index (κ2) is 7.93. The average Bonchev–Trinajstić information content (AvgIpc) is 3.12. The SMILES string of the molecule is COc1cccc(C(=O)c2oc3ccccc3c2NC(=O)c2ccc(Br)cc2)c1. The number of fused-ring (bicyclic) bond motifs is 1. The monoisotopic (exact) mass is 449 g/mol. The Morgan fingerprint density at radius 3 is 2.45 bits per heavy atom. The van der Waals surface area contributed by atoms with Crippen molar-refractivity contribution in [3.63, 3.8) is 0 Å². The molecule has 0 atom stereocenters. The molecule has 29 heavy (non-hydrogen) atoms. The van der Waals surface area contributed by atoms with Crippen molar-refractivity contribution in [3.8, 4) is 5.75 Å². The molecular formula is C23H16BrNO4. The van der Waals surface area contributed by atoms with Crippen molar-refractivity contribution >= 4 is 44.3 Å². The topological polar surface area (TPSA) is 68.5 Å². The maximum absolute atomic E-state index is 13.2. The zero-order chi connectivity index (χ0) is 20.4. The number of hydrogen-bond acceptors (Lipinski definition) is 4. The lowest BCUT2D eigenvalue weighted by atomic mass is 10.1. The fourth-order valence-electron chi connectivity index (χ4n) is 3.01. The van der Waals surface area contributed by atoms with Gasteiger partial charge in [-0.15, -0.1) is 0 Å². The molecule has 1 N–H and O–H groups in total. The van der Waals surface area contributed by atoms with E-state index in [9.17, 15) is 9.59 Å². The summed E-state index contributed by atoms with van der Waals surface area (Å²) in [5.74, 6) is -0.0349. The Hall–Kier alpha value is -3.38. The molecule has 0 saturated carbocycles. The summed E-state index contributed by atoms with van der Waals surface area (Å²) in [5, 5.41) is 3.51. The number of ketones is 1. The van der Waals surface area contributed by atoms with E-state index in [1.807, 2.05) is 12.1 Å². The molecule has 4 aromatic rings. The minimum Gasteiger partial charge on any atom is -0.497 e. The summed E-state index contributed by atoms with van der Waals surface area (Å²) >= 11 is 3.35. The molecule has 3 aromatic carbocycles. The molecule has 0 aliphatic rings. The lowest BCUT2D eigenvalue weighted by Crippen LogP contribution is -2.14. The minimum atomic E-state index is -0.341. The predicted octanol–water partition coefficient (Wildman–Crippen LogP) is 5.69. The molecule has 1 amide bonds. The molecule has 0 unspecified atom stereocenters. The number of para-hydroxylation sites is 1. The van der Waals surface area contributed by atoms with Gasteiger partial charge in [-0.25, -0.2) is 0 Å². The molecule has 0 radical (unpaired) electrons. The molecule has 4 rings (SSSR count). The number of amides is 1. The summed E-state index contributed by atoms with van der Waals surface area (Å²) in [6.07, 6.45) is 0. The van der Waals surface area contributed by atoms with Crippen molar-refractivity contribution in [2.75, 3.05) is 12.4 Å². The summed E-state index contributed by atoms with van der Waals surface area (Å²) in [6, 6.07) is 21.0. The number of benzene rings is 3. The van der Waals surface area contributed by atoms with Crippen molar-refractivity contribution in [3.05, 3.63) is 94.2 Å². The van der Waals surface area contributed by atoms with Crippen LogP contribution in [0.25, 0.3) is 11.0 Å². The Morgan fingerprint density at radius 2 is 1.69 bits per heavy atom. The first kappa shape index (κ1) is 19.0. The van der Waals surface area contributed by atoms with Crippen molar-refractivity contribution in [2.24, 2.45) is 0 Å². The van der Waals surface area contributed by atoms with Gasteiger partial charge in [0.15, 0.2) is 5.76 Å². The van der Waals surface area contributed by atoms with Crippen molar-refractivity contribution in [2.45, 2.75) is 0 Å². The number of furan rings is 1. The van der Waals surface area contributed by atoms with Crippen LogP contribution in [0.5, 0.6) is 5.75 Å². The molecule has 1 aromatic heterocycles. The Labute approximate surface area is 175 Å². The summed E-state index contributed by atoms with van der Waals surface area (Å²) in [5.41, 5.74) is 1.74. The first-order chi connectivity index (χ1) is 14.1. The minimum absolute atomic E-state index is 0.0740. The Bertz CT molecular complexity index is 1210. The number of ether oxygens (including phenoxy) is 1. The van der Waals surface area contributed by atoms with Crippen LogP contribution in [0.2, 0.25) is 0 Å². The fourth-order valence-corrected chi connectivity index (χ4v) is 3.28. The molecule has 0 bridgehead atoms. The second-order valence-electron chi connectivity index (χ2n) is 6.32. The maximum Gasteiger partial charge on any atom is 0.255 e. The Kier molecular flexibility index (Phi) is 5.18. The first-order valence-corrected chi connectivity index (χ1v) is 9.63. The van der Waals surface area contributed by atoms with Gasteiger partial charge in [0.2, 0.25) is 5.78 Å². The highest BCUT2D eigenvalue weighted by Gasteiger charge is 2.24. The van der Waals surface area contributed by atoms with Crippen LogP contribution in [0.1, 0.15) is 26.5 Å². The number of carbonyl (C=O) groups excluding carboxylic acids is 2. The standard InChI is InChI=1S/C23H16BrNO4/c1-28-17-6-4-5-15(13-17)21(26)22-20(18-7-2-3-8-19(18)29-22)25-23(27)14-9-11-16(24)12-10-14/h2-13H,1H3,(H,25,27). The maximum atomic E-state index is 13.2. The third-order valence-electron chi connectivity index (χ3n) is 4.48.